The predicted molar refractivity (Wildman–Crippen MR) is 122 cm³/mol. The molecule has 0 radical (unpaired) electrons. The van der Waals surface area contributed by atoms with Gasteiger partial charge in [-0.05, 0) is 58.2 Å². The van der Waals surface area contributed by atoms with E-state index in [2.05, 4.69) is 50.4 Å². The van der Waals surface area contributed by atoms with Crippen LogP contribution in [0.15, 0.2) is 60.0 Å². The van der Waals surface area contributed by atoms with Crippen molar-refractivity contribution in [3.05, 3.63) is 81.5 Å². The lowest BCUT2D eigenvalue weighted by molar-refractivity contribution is 0.0526. The van der Waals surface area contributed by atoms with Crippen LogP contribution < -0.4 is 5.32 Å². The Morgan fingerprint density at radius 1 is 0.967 bits per heavy atom. The van der Waals surface area contributed by atoms with E-state index in [4.69, 9.17) is 4.74 Å². The molecule has 3 rings (SSSR count). The Morgan fingerprint density at radius 2 is 1.63 bits per heavy atom. The van der Waals surface area contributed by atoms with Crippen LogP contribution in [0.25, 0.3) is 11.1 Å². The van der Waals surface area contributed by atoms with Crippen LogP contribution in [-0.4, -0.2) is 18.5 Å². The van der Waals surface area contributed by atoms with Crippen LogP contribution in [0.2, 0.25) is 0 Å². The Kier molecular flexibility index (Phi) is 6.73. The summed E-state index contributed by atoms with van der Waals surface area (Å²) >= 11 is 1.44. The molecule has 0 saturated heterocycles. The van der Waals surface area contributed by atoms with Crippen LogP contribution in [0.5, 0.6) is 0 Å². The molecule has 0 saturated carbocycles. The van der Waals surface area contributed by atoms with Crippen molar-refractivity contribution in [1.82, 2.24) is 5.32 Å². The first kappa shape index (κ1) is 21.8. The lowest BCUT2D eigenvalue weighted by Gasteiger charge is -2.19. The molecule has 0 atom stereocenters. The van der Waals surface area contributed by atoms with E-state index in [0.29, 0.717) is 23.6 Å². The zero-order chi connectivity index (χ0) is 21.7. The summed E-state index contributed by atoms with van der Waals surface area (Å²) in [6, 6.07) is 17.5. The smallest absolute Gasteiger partial charge is 0.338 e. The van der Waals surface area contributed by atoms with Gasteiger partial charge in [-0.25, -0.2) is 4.79 Å². The number of amides is 1. The van der Waals surface area contributed by atoms with Crippen molar-refractivity contribution < 1.29 is 14.3 Å². The molecule has 1 heterocycles. The molecule has 3 aromatic rings. The second kappa shape index (κ2) is 9.26. The third kappa shape index (κ3) is 5.36. The summed E-state index contributed by atoms with van der Waals surface area (Å²) in [4.78, 5) is 24.9. The van der Waals surface area contributed by atoms with Crippen molar-refractivity contribution in [2.75, 3.05) is 6.61 Å². The fraction of sp³-hybridized carbons (Fsp3) is 0.280. The fourth-order valence-corrected chi connectivity index (χ4v) is 3.84. The third-order valence-electron chi connectivity index (χ3n) is 4.83. The van der Waals surface area contributed by atoms with Gasteiger partial charge in [0.05, 0.1) is 17.0 Å². The first-order valence-corrected chi connectivity index (χ1v) is 10.9. The molecule has 1 N–H and O–H groups in total. The second-order valence-corrected chi connectivity index (χ2v) is 9.04. The standard InChI is InChI=1S/C25H27NO3S/c1-5-29-24(28)19-8-6-17(7-9-19)15-26-23(27)22-14-20(16-30-22)18-10-12-21(13-11-18)25(2,3)4/h6-14,16H,5,15H2,1-4H3,(H,26,27). The maximum atomic E-state index is 12.5. The molecule has 5 heteroatoms. The van der Waals surface area contributed by atoms with Crippen molar-refractivity contribution in [3.8, 4) is 11.1 Å². The van der Waals surface area contributed by atoms with Gasteiger partial charge in [-0.2, -0.15) is 0 Å². The molecule has 30 heavy (non-hydrogen) atoms. The Labute approximate surface area is 181 Å². The van der Waals surface area contributed by atoms with E-state index in [1.165, 1.54) is 16.9 Å². The maximum Gasteiger partial charge on any atom is 0.338 e. The Morgan fingerprint density at radius 3 is 2.23 bits per heavy atom. The van der Waals surface area contributed by atoms with Crippen molar-refractivity contribution in [2.24, 2.45) is 0 Å². The van der Waals surface area contributed by atoms with Crippen molar-refractivity contribution >= 4 is 23.2 Å². The van der Waals surface area contributed by atoms with Gasteiger partial charge < -0.3 is 10.1 Å². The van der Waals surface area contributed by atoms with Gasteiger partial charge in [0.2, 0.25) is 0 Å². The molecular formula is C25H27NO3S. The van der Waals surface area contributed by atoms with Crippen LogP contribution in [0.4, 0.5) is 0 Å². The summed E-state index contributed by atoms with van der Waals surface area (Å²) in [5, 5.41) is 4.95. The van der Waals surface area contributed by atoms with Gasteiger partial charge in [-0.15, -0.1) is 11.3 Å². The fourth-order valence-electron chi connectivity index (χ4n) is 3.01. The molecule has 2 aromatic carbocycles. The number of carbonyl (C=O) groups excluding carboxylic acids is 2. The first-order chi connectivity index (χ1) is 14.3. The maximum absolute atomic E-state index is 12.5. The summed E-state index contributed by atoms with van der Waals surface area (Å²) in [5.74, 6) is -0.443. The number of esters is 1. The third-order valence-corrected chi connectivity index (χ3v) is 5.75. The molecular weight excluding hydrogens is 394 g/mol. The van der Waals surface area contributed by atoms with E-state index in [1.54, 1.807) is 19.1 Å². The predicted octanol–water partition coefficient (Wildman–Crippen LogP) is 5.82. The van der Waals surface area contributed by atoms with E-state index >= 15 is 0 Å². The molecule has 0 spiro atoms. The number of benzene rings is 2. The van der Waals surface area contributed by atoms with Crippen molar-refractivity contribution in [3.63, 3.8) is 0 Å². The van der Waals surface area contributed by atoms with Crippen LogP contribution in [0.3, 0.4) is 0 Å². The van der Waals surface area contributed by atoms with Crippen LogP contribution >= 0.6 is 11.3 Å². The van der Waals surface area contributed by atoms with E-state index < -0.39 is 0 Å². The number of hydrogen-bond donors (Lipinski definition) is 1. The zero-order valence-electron chi connectivity index (χ0n) is 17.8. The van der Waals surface area contributed by atoms with Gasteiger partial charge in [0.25, 0.3) is 5.91 Å². The van der Waals surface area contributed by atoms with Gasteiger partial charge in [-0.1, -0.05) is 57.2 Å². The minimum atomic E-state index is -0.338. The molecule has 1 amide bonds. The summed E-state index contributed by atoms with van der Waals surface area (Å²) in [6.07, 6.45) is 0. The number of rotatable bonds is 6. The topological polar surface area (TPSA) is 55.4 Å². The highest BCUT2D eigenvalue weighted by atomic mass is 32.1. The highest BCUT2D eigenvalue weighted by molar-refractivity contribution is 7.12. The highest BCUT2D eigenvalue weighted by Gasteiger charge is 2.14. The number of hydrogen-bond acceptors (Lipinski definition) is 4. The van der Waals surface area contributed by atoms with E-state index in [1.807, 2.05) is 23.6 Å². The zero-order valence-corrected chi connectivity index (χ0v) is 18.6. The average molecular weight is 422 g/mol. The van der Waals surface area contributed by atoms with E-state index in [0.717, 1.165) is 16.7 Å². The molecule has 4 nitrogen and oxygen atoms in total. The molecule has 0 aliphatic carbocycles. The van der Waals surface area contributed by atoms with Crippen molar-refractivity contribution in [2.45, 2.75) is 39.7 Å². The number of thiophene rings is 1. The SMILES string of the molecule is CCOC(=O)c1ccc(CNC(=O)c2cc(-c3ccc(C(C)(C)C)cc3)cs2)cc1. The monoisotopic (exact) mass is 421 g/mol. The van der Waals surface area contributed by atoms with Crippen molar-refractivity contribution in [1.29, 1.82) is 0 Å². The minimum absolute atomic E-state index is 0.105. The second-order valence-electron chi connectivity index (χ2n) is 8.13. The molecule has 156 valence electrons. The lowest BCUT2D eigenvalue weighted by atomic mass is 9.86. The lowest BCUT2D eigenvalue weighted by Crippen LogP contribution is -2.21. The summed E-state index contributed by atoms with van der Waals surface area (Å²) in [6.45, 7) is 9.10. The highest BCUT2D eigenvalue weighted by Crippen LogP contribution is 2.29. The van der Waals surface area contributed by atoms with Gasteiger partial charge >= 0.3 is 5.97 Å². The van der Waals surface area contributed by atoms with E-state index in [-0.39, 0.29) is 17.3 Å². The summed E-state index contributed by atoms with van der Waals surface area (Å²) in [7, 11) is 0. The van der Waals surface area contributed by atoms with Crippen LogP contribution in [-0.2, 0) is 16.7 Å². The largest absolute Gasteiger partial charge is 0.462 e. The average Bonchev–Trinajstić information content (AvgIpc) is 3.22. The molecule has 0 unspecified atom stereocenters. The summed E-state index contributed by atoms with van der Waals surface area (Å²) in [5.41, 5.74) is 4.98. The van der Waals surface area contributed by atoms with Gasteiger partial charge in [0, 0.05) is 6.54 Å². The van der Waals surface area contributed by atoms with Gasteiger partial charge in [0.1, 0.15) is 0 Å². The number of ether oxygens (including phenoxy) is 1. The van der Waals surface area contributed by atoms with Gasteiger partial charge in [-0.3, -0.25) is 4.79 Å². The quantitative estimate of drug-likeness (QED) is 0.510. The first-order valence-electron chi connectivity index (χ1n) is 10.0. The Hall–Kier alpha value is -2.92. The molecule has 1 aromatic heterocycles. The van der Waals surface area contributed by atoms with Crippen LogP contribution in [0, 0.1) is 0 Å². The van der Waals surface area contributed by atoms with Crippen LogP contribution in [0.1, 0.15) is 58.9 Å². The Balaban J connectivity index is 1.60. The van der Waals surface area contributed by atoms with E-state index in [9.17, 15) is 9.59 Å². The molecule has 0 aliphatic heterocycles. The normalized spacial score (nSPS) is 11.2. The molecule has 0 aliphatic rings. The minimum Gasteiger partial charge on any atom is -0.462 e. The Bertz CT molecular complexity index is 1010. The number of carbonyl (C=O) groups is 2. The summed E-state index contributed by atoms with van der Waals surface area (Å²) < 4.78 is 4.98. The molecule has 0 fully saturated rings. The number of nitrogens with one attached hydrogen (secondary N) is 1. The van der Waals surface area contributed by atoms with Gasteiger partial charge in [0.15, 0.2) is 0 Å². The molecule has 0 bridgehead atoms.